The van der Waals surface area contributed by atoms with Gasteiger partial charge in [0.25, 0.3) is 0 Å². The topological polar surface area (TPSA) is 15.3 Å². The molecule has 0 saturated carbocycles. The molecule has 0 heterocycles. The molecule has 19 heavy (non-hydrogen) atoms. The van der Waals surface area contributed by atoms with Crippen LogP contribution in [0.15, 0.2) is 28.7 Å². The second-order valence-corrected chi connectivity index (χ2v) is 6.90. The van der Waals surface area contributed by atoms with Crippen LogP contribution < -0.4 is 5.32 Å². The molecule has 0 amide bonds. The summed E-state index contributed by atoms with van der Waals surface area (Å²) in [6.45, 7) is 13.6. The first-order valence-electron chi connectivity index (χ1n) is 7.19. The van der Waals surface area contributed by atoms with Gasteiger partial charge in [-0.3, -0.25) is 0 Å². The summed E-state index contributed by atoms with van der Waals surface area (Å²) in [4.78, 5) is 2.56. The van der Waals surface area contributed by atoms with E-state index in [1.165, 1.54) is 18.8 Å². The molecular weight excluding hydrogens is 300 g/mol. The Morgan fingerprint density at radius 1 is 1.11 bits per heavy atom. The minimum atomic E-state index is 0.726. The van der Waals surface area contributed by atoms with Crippen molar-refractivity contribution in [2.75, 3.05) is 31.5 Å². The van der Waals surface area contributed by atoms with Crippen LogP contribution in [0.3, 0.4) is 0 Å². The van der Waals surface area contributed by atoms with Gasteiger partial charge in [-0.2, -0.15) is 0 Å². The lowest BCUT2D eigenvalue weighted by atomic mass is 10.1. The van der Waals surface area contributed by atoms with Crippen molar-refractivity contribution in [2.45, 2.75) is 27.7 Å². The first kappa shape index (κ1) is 16.5. The Morgan fingerprint density at radius 2 is 1.74 bits per heavy atom. The molecule has 1 rings (SSSR count). The normalized spacial score (nSPS) is 11.6. The molecule has 0 aliphatic heterocycles. The van der Waals surface area contributed by atoms with Gasteiger partial charge in [0.2, 0.25) is 0 Å². The summed E-state index contributed by atoms with van der Waals surface area (Å²) in [5.41, 5.74) is 1.18. The third-order valence-electron chi connectivity index (χ3n) is 2.83. The highest BCUT2D eigenvalue weighted by Crippen LogP contribution is 2.15. The molecule has 0 aliphatic carbocycles. The highest BCUT2D eigenvalue weighted by atomic mass is 79.9. The lowest BCUT2D eigenvalue weighted by Crippen LogP contribution is -2.35. The minimum Gasteiger partial charge on any atom is -0.384 e. The highest BCUT2D eigenvalue weighted by Gasteiger charge is 2.08. The number of hydrogen-bond acceptors (Lipinski definition) is 2. The lowest BCUT2D eigenvalue weighted by Gasteiger charge is -2.26. The fraction of sp³-hybridized carbons (Fsp3) is 0.625. The van der Waals surface area contributed by atoms with Crippen molar-refractivity contribution in [2.24, 2.45) is 11.8 Å². The van der Waals surface area contributed by atoms with E-state index in [1.807, 2.05) is 0 Å². The van der Waals surface area contributed by atoms with E-state index >= 15 is 0 Å². The SMILES string of the molecule is CC(C)CN(CCNc1cccc(Br)c1)CC(C)C. The quantitative estimate of drug-likeness (QED) is 0.757. The van der Waals surface area contributed by atoms with Crippen LogP contribution in [0.2, 0.25) is 0 Å². The third kappa shape index (κ3) is 7.58. The number of benzene rings is 1. The summed E-state index contributed by atoms with van der Waals surface area (Å²) in [6, 6.07) is 8.34. The minimum absolute atomic E-state index is 0.726. The highest BCUT2D eigenvalue weighted by molar-refractivity contribution is 9.10. The van der Waals surface area contributed by atoms with Crippen molar-refractivity contribution in [1.29, 1.82) is 0 Å². The van der Waals surface area contributed by atoms with Crippen molar-refractivity contribution in [3.05, 3.63) is 28.7 Å². The number of nitrogens with zero attached hydrogens (tertiary/aromatic N) is 1. The van der Waals surface area contributed by atoms with E-state index in [9.17, 15) is 0 Å². The largest absolute Gasteiger partial charge is 0.384 e. The van der Waals surface area contributed by atoms with Crippen LogP contribution in [0.1, 0.15) is 27.7 Å². The summed E-state index contributed by atoms with van der Waals surface area (Å²) in [5, 5.41) is 3.49. The summed E-state index contributed by atoms with van der Waals surface area (Å²) in [6.07, 6.45) is 0. The van der Waals surface area contributed by atoms with Gasteiger partial charge in [-0.1, -0.05) is 49.7 Å². The third-order valence-corrected chi connectivity index (χ3v) is 3.32. The Balaban J connectivity index is 2.38. The van der Waals surface area contributed by atoms with E-state index in [0.717, 1.165) is 29.4 Å². The molecule has 0 unspecified atom stereocenters. The van der Waals surface area contributed by atoms with Gasteiger partial charge >= 0.3 is 0 Å². The molecule has 0 aromatic heterocycles. The number of nitrogens with one attached hydrogen (secondary N) is 1. The Bertz CT molecular complexity index is 354. The van der Waals surface area contributed by atoms with Crippen molar-refractivity contribution in [1.82, 2.24) is 4.90 Å². The molecule has 0 aliphatic rings. The second kappa shape index (κ2) is 8.60. The zero-order valence-electron chi connectivity index (χ0n) is 12.6. The van der Waals surface area contributed by atoms with Crippen molar-refractivity contribution in [3.8, 4) is 0 Å². The summed E-state index contributed by atoms with van der Waals surface area (Å²) < 4.78 is 1.12. The summed E-state index contributed by atoms with van der Waals surface area (Å²) in [5.74, 6) is 1.45. The second-order valence-electron chi connectivity index (χ2n) is 5.98. The molecule has 0 fully saturated rings. The van der Waals surface area contributed by atoms with Crippen LogP contribution >= 0.6 is 15.9 Å². The standard InChI is InChI=1S/C16H27BrN2/c1-13(2)11-19(12-14(3)4)9-8-18-16-7-5-6-15(17)10-16/h5-7,10,13-14,18H,8-9,11-12H2,1-4H3. The average Bonchev–Trinajstić information content (AvgIpc) is 2.27. The molecule has 108 valence electrons. The van der Waals surface area contributed by atoms with Crippen molar-refractivity contribution in [3.63, 3.8) is 0 Å². The van der Waals surface area contributed by atoms with E-state index in [4.69, 9.17) is 0 Å². The molecule has 0 spiro atoms. The molecule has 1 aromatic rings. The predicted molar refractivity (Wildman–Crippen MR) is 88.7 cm³/mol. The predicted octanol–water partition coefficient (Wildman–Crippen LogP) is 4.48. The van der Waals surface area contributed by atoms with Crippen LogP contribution in [0.5, 0.6) is 0 Å². The fourth-order valence-corrected chi connectivity index (χ4v) is 2.65. The van der Waals surface area contributed by atoms with Crippen LogP contribution in [-0.4, -0.2) is 31.1 Å². The van der Waals surface area contributed by atoms with Gasteiger partial charge < -0.3 is 10.2 Å². The summed E-state index contributed by atoms with van der Waals surface area (Å²) >= 11 is 3.50. The van der Waals surface area contributed by atoms with E-state index in [0.29, 0.717) is 0 Å². The number of rotatable bonds is 8. The zero-order valence-corrected chi connectivity index (χ0v) is 14.2. The Hall–Kier alpha value is -0.540. The van der Waals surface area contributed by atoms with Crippen LogP contribution in [0.4, 0.5) is 5.69 Å². The van der Waals surface area contributed by atoms with Crippen molar-refractivity contribution < 1.29 is 0 Å². The first-order chi connectivity index (χ1) is 8.97. The molecule has 0 bridgehead atoms. The maximum atomic E-state index is 3.50. The van der Waals surface area contributed by atoms with Gasteiger partial charge in [0.05, 0.1) is 0 Å². The molecular formula is C16H27BrN2. The van der Waals surface area contributed by atoms with Crippen LogP contribution in [-0.2, 0) is 0 Å². The maximum Gasteiger partial charge on any atom is 0.0351 e. The molecule has 1 N–H and O–H groups in total. The maximum absolute atomic E-state index is 3.50. The Labute approximate surface area is 126 Å². The molecule has 0 radical (unpaired) electrons. The first-order valence-corrected chi connectivity index (χ1v) is 7.98. The van der Waals surface area contributed by atoms with Gasteiger partial charge in [-0.15, -0.1) is 0 Å². The van der Waals surface area contributed by atoms with Gasteiger partial charge in [0, 0.05) is 36.3 Å². The van der Waals surface area contributed by atoms with E-state index in [1.54, 1.807) is 0 Å². The fourth-order valence-electron chi connectivity index (χ4n) is 2.25. The van der Waals surface area contributed by atoms with Crippen molar-refractivity contribution >= 4 is 21.6 Å². The lowest BCUT2D eigenvalue weighted by molar-refractivity contribution is 0.227. The monoisotopic (exact) mass is 326 g/mol. The van der Waals surface area contributed by atoms with E-state index in [-0.39, 0.29) is 0 Å². The number of halogens is 1. The Morgan fingerprint density at radius 3 is 2.26 bits per heavy atom. The number of hydrogen-bond donors (Lipinski definition) is 1. The molecule has 3 heteroatoms. The smallest absolute Gasteiger partial charge is 0.0351 e. The van der Waals surface area contributed by atoms with Gasteiger partial charge in [-0.05, 0) is 30.0 Å². The molecule has 0 saturated heterocycles. The van der Waals surface area contributed by atoms with Crippen LogP contribution in [0.25, 0.3) is 0 Å². The molecule has 1 aromatic carbocycles. The van der Waals surface area contributed by atoms with Crippen LogP contribution in [0, 0.1) is 11.8 Å². The Kier molecular flexibility index (Phi) is 7.47. The van der Waals surface area contributed by atoms with Gasteiger partial charge in [0.15, 0.2) is 0 Å². The van der Waals surface area contributed by atoms with E-state index < -0.39 is 0 Å². The van der Waals surface area contributed by atoms with E-state index in [2.05, 4.69) is 78.1 Å². The molecule has 0 atom stereocenters. The van der Waals surface area contributed by atoms with Gasteiger partial charge in [0.1, 0.15) is 0 Å². The number of anilines is 1. The van der Waals surface area contributed by atoms with Gasteiger partial charge in [-0.25, -0.2) is 0 Å². The zero-order chi connectivity index (χ0) is 14.3. The average molecular weight is 327 g/mol. The summed E-state index contributed by atoms with van der Waals surface area (Å²) in [7, 11) is 0. The molecule has 2 nitrogen and oxygen atoms in total.